The number of phenols is 2. The lowest BCUT2D eigenvalue weighted by Gasteiger charge is -2.21. The fourth-order valence-electron chi connectivity index (χ4n) is 5.26. The number of ketones is 4. The number of carbonyl (C=O) groups is 8. The summed E-state index contributed by atoms with van der Waals surface area (Å²) in [6.45, 7) is 2.22. The maximum absolute atomic E-state index is 13.1. The number of carboxylic acids is 2. The monoisotopic (exact) mass is 652 g/mol. The highest BCUT2D eigenvalue weighted by Crippen LogP contribution is 2.39. The molecule has 0 atom stereocenters. The molecule has 0 unspecified atom stereocenters. The molecule has 4 N–H and O–H groups in total. The summed E-state index contributed by atoms with van der Waals surface area (Å²) in [6, 6.07) is 12.2. The first-order valence-corrected chi connectivity index (χ1v) is 13.6. The van der Waals surface area contributed by atoms with Gasteiger partial charge < -0.3 is 29.9 Å². The molecule has 0 aromatic heterocycles. The van der Waals surface area contributed by atoms with E-state index in [1.54, 1.807) is 0 Å². The molecule has 0 fully saturated rings. The van der Waals surface area contributed by atoms with Gasteiger partial charge in [0.2, 0.25) is 11.6 Å². The Balaban J connectivity index is 0.000000194. The average molecular weight is 653 g/mol. The van der Waals surface area contributed by atoms with Gasteiger partial charge in [-0.1, -0.05) is 24.3 Å². The number of carboxylic acid groups (broad SMARTS) is 2. The van der Waals surface area contributed by atoms with Crippen molar-refractivity contribution in [3.05, 3.63) is 116 Å². The Labute approximate surface area is 268 Å². The van der Waals surface area contributed by atoms with Crippen molar-refractivity contribution in [2.24, 2.45) is 0 Å². The van der Waals surface area contributed by atoms with Gasteiger partial charge in [-0.15, -0.1) is 0 Å². The number of phenolic OH excluding ortho intramolecular Hbond substituents is 2. The first-order chi connectivity index (χ1) is 22.6. The van der Waals surface area contributed by atoms with Gasteiger partial charge in [0.05, 0.1) is 33.4 Å². The van der Waals surface area contributed by atoms with Crippen molar-refractivity contribution in [2.75, 3.05) is 0 Å². The largest absolute Gasteiger partial charge is 0.507 e. The molecule has 2 aliphatic carbocycles. The molecule has 0 spiro atoms. The summed E-state index contributed by atoms with van der Waals surface area (Å²) in [5, 5.41) is 37.8. The van der Waals surface area contributed by atoms with Gasteiger partial charge in [-0.3, -0.25) is 28.8 Å². The summed E-state index contributed by atoms with van der Waals surface area (Å²) in [6.07, 6.45) is 0. The molecule has 14 heteroatoms. The highest BCUT2D eigenvalue weighted by Gasteiger charge is 2.37. The van der Waals surface area contributed by atoms with Gasteiger partial charge in [0.15, 0.2) is 11.6 Å². The zero-order valence-corrected chi connectivity index (χ0v) is 24.6. The van der Waals surface area contributed by atoms with Gasteiger partial charge in [-0.2, -0.15) is 0 Å². The molecule has 4 aromatic rings. The van der Waals surface area contributed by atoms with E-state index in [-0.39, 0.29) is 72.9 Å². The van der Waals surface area contributed by atoms with E-state index in [0.717, 1.165) is 38.1 Å². The van der Waals surface area contributed by atoms with E-state index in [1.165, 1.54) is 36.4 Å². The number of hydrogen-bond acceptors (Lipinski definition) is 12. The van der Waals surface area contributed by atoms with Crippen LogP contribution in [-0.4, -0.2) is 67.4 Å². The SMILES string of the molecule is CC(=O)Oc1cccc2c1C(=O)c1c(OC(C)=O)cc(C(=O)O)cc1C2=O.O=C(O)c1cc(O)c2c(c1)C(=O)c1cccc(O)c1C2=O. The lowest BCUT2D eigenvalue weighted by atomic mass is 9.82. The van der Waals surface area contributed by atoms with Crippen LogP contribution in [0.4, 0.5) is 0 Å². The van der Waals surface area contributed by atoms with Crippen molar-refractivity contribution in [1.29, 1.82) is 0 Å². The molecular formula is C34H20O14. The maximum atomic E-state index is 13.1. The minimum Gasteiger partial charge on any atom is -0.507 e. The number of benzene rings is 4. The average Bonchev–Trinajstić information content (AvgIpc) is 3.01. The number of esters is 2. The van der Waals surface area contributed by atoms with Crippen molar-refractivity contribution in [2.45, 2.75) is 13.8 Å². The highest BCUT2D eigenvalue weighted by molar-refractivity contribution is 6.31. The summed E-state index contributed by atoms with van der Waals surface area (Å²) in [4.78, 5) is 95.7. The van der Waals surface area contributed by atoms with Crippen LogP contribution in [0.3, 0.4) is 0 Å². The highest BCUT2D eigenvalue weighted by atomic mass is 16.5. The molecule has 2 aliphatic rings. The first-order valence-electron chi connectivity index (χ1n) is 13.6. The van der Waals surface area contributed by atoms with E-state index in [1.807, 2.05) is 0 Å². The van der Waals surface area contributed by atoms with Crippen LogP contribution in [-0.2, 0) is 9.59 Å². The van der Waals surface area contributed by atoms with Crippen LogP contribution in [0, 0.1) is 0 Å². The van der Waals surface area contributed by atoms with Crippen molar-refractivity contribution in [1.82, 2.24) is 0 Å². The number of fused-ring (bicyclic) bond motifs is 4. The van der Waals surface area contributed by atoms with Crippen LogP contribution in [0.5, 0.6) is 23.0 Å². The fourth-order valence-corrected chi connectivity index (χ4v) is 5.26. The minimum absolute atomic E-state index is 0.0190. The minimum atomic E-state index is -1.36. The Morgan fingerprint density at radius 3 is 1.50 bits per heavy atom. The maximum Gasteiger partial charge on any atom is 0.335 e. The molecule has 0 amide bonds. The Bertz CT molecular complexity index is 2190. The van der Waals surface area contributed by atoms with E-state index in [4.69, 9.17) is 14.6 Å². The standard InChI is InChI=1S/C19H12O8.C15H8O6/c1-8(20)26-13-5-3-4-11-15(13)18(23)16-12(17(11)22)6-10(19(24)25)7-14(16)27-9(2)21;16-9-3-1-2-7-11(9)14(19)12-8(13(7)18)4-6(15(20)21)5-10(12)17/h3-7H,1-2H3,(H,24,25);1-5,16-17H,(H,20,21). The van der Waals surface area contributed by atoms with E-state index in [0.29, 0.717) is 0 Å². The third-order valence-corrected chi connectivity index (χ3v) is 7.18. The second-order valence-corrected chi connectivity index (χ2v) is 10.3. The molecule has 0 bridgehead atoms. The van der Waals surface area contributed by atoms with Gasteiger partial charge >= 0.3 is 23.9 Å². The Morgan fingerprint density at radius 1 is 0.500 bits per heavy atom. The molecule has 4 aromatic carbocycles. The number of hydrogen-bond donors (Lipinski definition) is 4. The van der Waals surface area contributed by atoms with Crippen LogP contribution >= 0.6 is 0 Å². The van der Waals surface area contributed by atoms with Gasteiger partial charge in [0.1, 0.15) is 23.0 Å². The Kier molecular flexibility index (Phi) is 8.17. The zero-order valence-electron chi connectivity index (χ0n) is 24.6. The topological polar surface area (TPSA) is 236 Å². The van der Waals surface area contributed by atoms with E-state index in [9.17, 15) is 53.7 Å². The van der Waals surface area contributed by atoms with Crippen molar-refractivity contribution in [3.8, 4) is 23.0 Å². The van der Waals surface area contributed by atoms with Crippen molar-refractivity contribution < 1.29 is 68.3 Å². The van der Waals surface area contributed by atoms with E-state index >= 15 is 0 Å². The molecule has 0 aliphatic heterocycles. The lowest BCUT2D eigenvalue weighted by Crippen LogP contribution is -2.24. The number of aromatic carboxylic acids is 2. The Hall–Kier alpha value is -6.96. The van der Waals surface area contributed by atoms with Gasteiger partial charge in [-0.05, 0) is 36.4 Å². The molecule has 6 rings (SSSR count). The van der Waals surface area contributed by atoms with Crippen LogP contribution in [0.1, 0.15) is 98.2 Å². The third-order valence-electron chi connectivity index (χ3n) is 7.18. The van der Waals surface area contributed by atoms with Gasteiger partial charge in [-0.25, -0.2) is 9.59 Å². The molecule has 0 saturated carbocycles. The van der Waals surface area contributed by atoms with E-state index < -0.39 is 52.8 Å². The second-order valence-electron chi connectivity index (χ2n) is 10.3. The molecule has 48 heavy (non-hydrogen) atoms. The number of ether oxygens (including phenoxy) is 2. The van der Waals surface area contributed by atoms with Gasteiger partial charge in [0.25, 0.3) is 0 Å². The summed E-state index contributed by atoms with van der Waals surface area (Å²) in [5.74, 6) is -8.28. The molecule has 0 radical (unpaired) electrons. The predicted molar refractivity (Wildman–Crippen MR) is 159 cm³/mol. The fraction of sp³-hybridized carbons (Fsp3) is 0.0588. The molecule has 14 nitrogen and oxygen atoms in total. The normalized spacial score (nSPS) is 12.4. The predicted octanol–water partition coefficient (Wildman–Crippen LogP) is 3.58. The van der Waals surface area contributed by atoms with E-state index in [2.05, 4.69) is 0 Å². The third kappa shape index (κ3) is 5.53. The smallest absolute Gasteiger partial charge is 0.335 e. The van der Waals surface area contributed by atoms with Crippen molar-refractivity contribution in [3.63, 3.8) is 0 Å². The number of rotatable bonds is 4. The summed E-state index contributed by atoms with van der Waals surface area (Å²) in [5.41, 5.74) is -1.95. The Morgan fingerprint density at radius 2 is 0.938 bits per heavy atom. The molecular weight excluding hydrogens is 632 g/mol. The second kappa shape index (κ2) is 12.1. The van der Waals surface area contributed by atoms with Crippen molar-refractivity contribution >= 4 is 47.0 Å². The van der Waals surface area contributed by atoms with Crippen LogP contribution in [0.25, 0.3) is 0 Å². The van der Waals surface area contributed by atoms with Gasteiger partial charge in [0, 0.05) is 36.1 Å². The summed E-state index contributed by atoms with van der Waals surface area (Å²) >= 11 is 0. The molecule has 0 saturated heterocycles. The van der Waals surface area contributed by atoms with Crippen LogP contribution in [0.2, 0.25) is 0 Å². The van der Waals surface area contributed by atoms with Crippen LogP contribution < -0.4 is 9.47 Å². The first kappa shape index (κ1) is 32.4. The summed E-state index contributed by atoms with van der Waals surface area (Å²) in [7, 11) is 0. The zero-order chi connectivity index (χ0) is 35.2. The molecule has 240 valence electrons. The quantitative estimate of drug-likeness (QED) is 0.157. The van der Waals surface area contributed by atoms with Crippen LogP contribution in [0.15, 0.2) is 60.7 Å². The molecule has 0 heterocycles. The summed E-state index contributed by atoms with van der Waals surface area (Å²) < 4.78 is 9.99. The number of aromatic hydroxyl groups is 2. The lowest BCUT2D eigenvalue weighted by molar-refractivity contribution is -0.132. The number of carbonyl (C=O) groups excluding carboxylic acids is 6.